The fourth-order valence-corrected chi connectivity index (χ4v) is 21.7. The van der Waals surface area contributed by atoms with Crippen molar-refractivity contribution >= 4 is 51.7 Å². The first-order valence-corrected chi connectivity index (χ1v) is 40.8. The van der Waals surface area contributed by atoms with E-state index in [0.29, 0.717) is 111 Å². The van der Waals surface area contributed by atoms with Crippen molar-refractivity contribution in [3.05, 3.63) is 121 Å². The normalized spacial score (nSPS) is 22.5. The van der Waals surface area contributed by atoms with E-state index in [0.717, 1.165) is 110 Å². The number of carbonyl (C=O) groups excluding carboxylic acids is 2. The first-order chi connectivity index (χ1) is 47.3. The van der Waals surface area contributed by atoms with Crippen LogP contribution in [0.4, 0.5) is 0 Å². The highest BCUT2D eigenvalue weighted by molar-refractivity contribution is 7.90. The van der Waals surface area contributed by atoms with Gasteiger partial charge in [0.05, 0.1) is 60.2 Å². The zero-order valence-corrected chi connectivity index (χ0v) is 61.7. The van der Waals surface area contributed by atoms with Crippen molar-refractivity contribution in [3.63, 3.8) is 0 Å². The SMILES string of the molecule is C=CCN1CCC2(CC1)OCCN2S(=O)(=O)c1ccc(C(C)=O)cc1.CCCCN1CCC2(CC1)OCCN2S(=O)(=O)c1ccc(OC)cc1.CCN1CCC2(CC1)OCCN2S(=O)(=O)c1ccc(C(C)=O)cc1.COc1ccc(S(=O)(=O)N2CCOC23CCN(CC2CC2)CC3)cc1. The molecule has 4 aromatic carbocycles. The standard InChI is InChI=1S/C18H26N2O4S.C18H24N2O4S.C18H28N2O4S.C17H24N2O4S/c1-23-16-4-6-17(7-5-16)25(21,22)20-12-13-24-18(20)8-10-19(11-9-18)14-15-2-3-15;1-3-10-19-11-8-18(9-12-19)20(13-14-24-18)25(22,23)17-6-4-16(5-7-17)15(2)21;1-3-4-11-19-12-9-18(10-13-19)20(14-15-24-18)25(21,22)17-7-5-16(23-2)6-8-17;1-3-18-10-8-17(9-11-18)19(12-13-23-17)24(21,22)16-6-4-15(5-7-16)14(2)20/h4-7,15H,2-3,8-14H2,1H3;3-7H,1,8-14H2,2H3;5-8H,3-4,9-15H2,1-2H3;4-7H,3,8-13H2,1-2H3. The monoisotopic (exact) mass is 1450 g/mol. The molecule has 28 heteroatoms. The molecule has 1 saturated carbocycles. The van der Waals surface area contributed by atoms with Gasteiger partial charge in [-0.3, -0.25) is 14.5 Å². The van der Waals surface area contributed by atoms with Gasteiger partial charge in [-0.2, -0.15) is 17.2 Å². The van der Waals surface area contributed by atoms with E-state index in [1.165, 1.54) is 72.4 Å². The largest absolute Gasteiger partial charge is 0.497 e. The predicted molar refractivity (Wildman–Crippen MR) is 375 cm³/mol. The van der Waals surface area contributed by atoms with Crippen molar-refractivity contribution in [1.29, 1.82) is 0 Å². The van der Waals surface area contributed by atoms with E-state index in [1.54, 1.807) is 95.6 Å². The fraction of sp³-hybridized carbons (Fsp3) is 0.606. The summed E-state index contributed by atoms with van der Waals surface area (Å²) in [4.78, 5) is 33.2. The highest BCUT2D eigenvalue weighted by Gasteiger charge is 2.54. The van der Waals surface area contributed by atoms with E-state index in [2.05, 4.69) is 40.0 Å². The molecule has 9 fully saturated rings. The lowest BCUT2D eigenvalue weighted by molar-refractivity contribution is -0.0911. The average Bonchev–Trinajstić information content (AvgIpc) is 1.71. The molecule has 8 heterocycles. The van der Waals surface area contributed by atoms with Crippen LogP contribution in [0.25, 0.3) is 0 Å². The number of carbonyl (C=O) groups is 2. The van der Waals surface area contributed by atoms with Crippen LogP contribution in [0.15, 0.2) is 129 Å². The van der Waals surface area contributed by atoms with E-state index in [-0.39, 0.29) is 21.4 Å². The molecule has 9 aliphatic rings. The molecular formula is C71H102N8O16S4. The quantitative estimate of drug-likeness (QED) is 0.0603. The number of Topliss-reactive ketones (excluding diaryl/α,β-unsaturated/α-hetero) is 2. The topological polar surface area (TPSA) is 252 Å². The number of unbranched alkanes of at least 4 members (excludes halogenated alkanes) is 1. The van der Waals surface area contributed by atoms with Crippen LogP contribution in [0.1, 0.15) is 125 Å². The molecule has 0 atom stereocenters. The predicted octanol–water partition coefficient (Wildman–Crippen LogP) is 7.84. The highest BCUT2D eigenvalue weighted by atomic mass is 32.2. The molecule has 0 amide bonds. The molecule has 546 valence electrons. The number of ketones is 2. The molecule has 13 rings (SSSR count). The van der Waals surface area contributed by atoms with E-state index in [9.17, 15) is 43.3 Å². The Morgan fingerprint density at radius 3 is 1.01 bits per heavy atom. The minimum atomic E-state index is -3.66. The van der Waals surface area contributed by atoms with Gasteiger partial charge in [-0.1, -0.05) is 50.6 Å². The van der Waals surface area contributed by atoms with Crippen LogP contribution in [0.5, 0.6) is 11.5 Å². The van der Waals surface area contributed by atoms with Crippen molar-refractivity contribution in [2.75, 3.05) is 145 Å². The van der Waals surface area contributed by atoms with Crippen molar-refractivity contribution in [1.82, 2.24) is 36.8 Å². The Morgan fingerprint density at radius 1 is 0.444 bits per heavy atom. The molecule has 1 aliphatic carbocycles. The number of rotatable bonds is 20. The van der Waals surface area contributed by atoms with Crippen LogP contribution in [-0.2, 0) is 59.0 Å². The second-order valence-corrected chi connectivity index (χ2v) is 34.4. The van der Waals surface area contributed by atoms with Gasteiger partial charge in [0.2, 0.25) is 40.1 Å². The number of methoxy groups -OCH3 is 2. The molecule has 4 aromatic rings. The Labute approximate surface area is 587 Å². The molecule has 8 aliphatic heterocycles. The van der Waals surface area contributed by atoms with Crippen molar-refractivity contribution in [3.8, 4) is 11.5 Å². The molecule has 8 saturated heterocycles. The van der Waals surface area contributed by atoms with Gasteiger partial charge in [-0.25, -0.2) is 33.7 Å². The van der Waals surface area contributed by atoms with Gasteiger partial charge in [0, 0.05) is 154 Å². The molecular weight excluding hydrogens is 1350 g/mol. The van der Waals surface area contributed by atoms with Gasteiger partial charge in [0.25, 0.3) is 0 Å². The van der Waals surface area contributed by atoms with Crippen LogP contribution in [0.3, 0.4) is 0 Å². The fourth-order valence-electron chi connectivity index (χ4n) is 14.8. The zero-order valence-electron chi connectivity index (χ0n) is 58.5. The number of sulfonamides is 4. The third-order valence-electron chi connectivity index (χ3n) is 20.9. The average molecular weight is 1450 g/mol. The van der Waals surface area contributed by atoms with Crippen LogP contribution in [-0.4, -0.2) is 250 Å². The Morgan fingerprint density at radius 2 is 0.737 bits per heavy atom. The molecule has 0 unspecified atom stereocenters. The van der Waals surface area contributed by atoms with Gasteiger partial charge < -0.3 is 43.1 Å². The van der Waals surface area contributed by atoms with Crippen LogP contribution < -0.4 is 9.47 Å². The molecule has 0 bridgehead atoms. The maximum atomic E-state index is 13.2. The smallest absolute Gasteiger partial charge is 0.245 e. The number of hydrogen-bond acceptors (Lipinski definition) is 20. The summed E-state index contributed by atoms with van der Waals surface area (Å²) in [5, 5.41) is 0. The number of benzene rings is 4. The lowest BCUT2D eigenvalue weighted by Gasteiger charge is -2.43. The lowest BCUT2D eigenvalue weighted by atomic mass is 10.0. The summed E-state index contributed by atoms with van der Waals surface area (Å²) in [5.41, 5.74) is -1.80. The van der Waals surface area contributed by atoms with E-state index in [4.69, 9.17) is 28.4 Å². The van der Waals surface area contributed by atoms with Gasteiger partial charge in [0.1, 0.15) is 34.4 Å². The van der Waals surface area contributed by atoms with Crippen molar-refractivity contribution < 1.29 is 71.7 Å². The highest BCUT2D eigenvalue weighted by Crippen LogP contribution is 2.43. The first kappa shape index (κ1) is 76.5. The minimum absolute atomic E-state index is 0.0770. The molecule has 0 N–H and O–H groups in total. The first-order valence-electron chi connectivity index (χ1n) is 35.0. The lowest BCUT2D eigenvalue weighted by Crippen LogP contribution is -2.55. The van der Waals surface area contributed by atoms with E-state index in [1.807, 2.05) is 6.08 Å². The number of likely N-dealkylation sites (tertiary alicyclic amines) is 4. The number of ether oxygens (including phenoxy) is 6. The Bertz CT molecular complexity index is 3830. The van der Waals surface area contributed by atoms with Gasteiger partial charge in [0.15, 0.2) is 11.6 Å². The Balaban J connectivity index is 0.000000143. The minimum Gasteiger partial charge on any atom is -0.497 e. The van der Waals surface area contributed by atoms with Crippen LogP contribution in [0, 0.1) is 5.92 Å². The number of hydrogen-bond donors (Lipinski definition) is 0. The summed E-state index contributed by atoms with van der Waals surface area (Å²) in [5.74, 6) is 2.00. The second kappa shape index (κ2) is 32.7. The maximum Gasteiger partial charge on any atom is 0.245 e. The van der Waals surface area contributed by atoms with Crippen molar-refractivity contribution in [2.24, 2.45) is 5.92 Å². The van der Waals surface area contributed by atoms with Crippen LogP contribution in [0.2, 0.25) is 0 Å². The van der Waals surface area contributed by atoms with E-state index < -0.39 is 63.0 Å². The third-order valence-corrected chi connectivity index (χ3v) is 28.8. The zero-order chi connectivity index (χ0) is 70.9. The summed E-state index contributed by atoms with van der Waals surface area (Å²) in [7, 11) is -11.3. The summed E-state index contributed by atoms with van der Waals surface area (Å²) in [6.07, 6.45) is 12.5. The summed E-state index contributed by atoms with van der Waals surface area (Å²) >= 11 is 0. The van der Waals surface area contributed by atoms with Crippen molar-refractivity contribution in [2.45, 2.75) is 147 Å². The molecule has 99 heavy (non-hydrogen) atoms. The van der Waals surface area contributed by atoms with Crippen LogP contribution >= 0.6 is 0 Å². The summed E-state index contributed by atoms with van der Waals surface area (Å²) in [6.45, 7) is 25.2. The number of piperidine rings is 4. The molecule has 0 aromatic heterocycles. The Hall–Kier alpha value is -5.12. The third kappa shape index (κ3) is 17.2. The second-order valence-electron chi connectivity index (χ2n) is 27.0. The molecule has 0 radical (unpaired) electrons. The van der Waals surface area contributed by atoms with E-state index >= 15 is 0 Å². The van der Waals surface area contributed by atoms with Gasteiger partial charge >= 0.3 is 0 Å². The summed E-state index contributed by atoms with van der Waals surface area (Å²) < 4.78 is 145. The number of nitrogens with zero attached hydrogens (tertiary/aromatic N) is 8. The van der Waals surface area contributed by atoms with Gasteiger partial charge in [-0.05, 0) is 125 Å². The molecule has 4 spiro atoms. The molecule has 24 nitrogen and oxygen atoms in total. The maximum absolute atomic E-state index is 13.2. The summed E-state index contributed by atoms with van der Waals surface area (Å²) in [6, 6.07) is 25.5. The Kier molecular flexibility index (Phi) is 25.3. The van der Waals surface area contributed by atoms with Gasteiger partial charge in [-0.15, -0.1) is 6.58 Å².